The summed E-state index contributed by atoms with van der Waals surface area (Å²) in [7, 11) is 0. The van der Waals surface area contributed by atoms with Gasteiger partial charge >= 0.3 is 5.69 Å². The molecule has 1 amide bonds. The van der Waals surface area contributed by atoms with Gasteiger partial charge in [-0.15, -0.1) is 0 Å². The van der Waals surface area contributed by atoms with Crippen LogP contribution in [0, 0.1) is 20.2 Å². The second kappa shape index (κ2) is 9.09. The van der Waals surface area contributed by atoms with Crippen LogP contribution in [0.25, 0.3) is 6.08 Å². The van der Waals surface area contributed by atoms with E-state index in [1.807, 2.05) is 6.92 Å². The van der Waals surface area contributed by atoms with Gasteiger partial charge in [-0.3, -0.25) is 25.0 Å². The molecule has 0 aliphatic heterocycles. The number of rotatable bonds is 8. The molecule has 0 radical (unpaired) electrons. The highest BCUT2D eigenvalue weighted by Crippen LogP contribution is 2.28. The number of carbonyl (C=O) groups excluding carboxylic acids is 1. The minimum Gasteiger partial charge on any atom is -0.487 e. The molecule has 27 heavy (non-hydrogen) atoms. The smallest absolute Gasteiger partial charge is 0.311 e. The third-order valence-electron chi connectivity index (χ3n) is 3.39. The molecule has 0 saturated carbocycles. The highest BCUT2D eigenvalue weighted by Gasteiger charge is 2.15. The molecule has 0 aliphatic carbocycles. The number of anilines is 1. The van der Waals surface area contributed by atoms with E-state index in [1.165, 1.54) is 48.6 Å². The molecule has 0 saturated heterocycles. The summed E-state index contributed by atoms with van der Waals surface area (Å²) >= 11 is 0. The Morgan fingerprint density at radius 1 is 1.15 bits per heavy atom. The molecule has 0 spiro atoms. The maximum Gasteiger partial charge on any atom is 0.311 e. The Bertz CT molecular complexity index is 894. The van der Waals surface area contributed by atoms with Crippen LogP contribution in [-0.4, -0.2) is 22.4 Å². The lowest BCUT2D eigenvalue weighted by molar-refractivity contribution is -0.385. The van der Waals surface area contributed by atoms with Crippen molar-refractivity contribution in [2.24, 2.45) is 0 Å². The molecule has 1 N–H and O–H groups in total. The van der Waals surface area contributed by atoms with Crippen molar-refractivity contribution in [1.29, 1.82) is 0 Å². The fourth-order valence-corrected chi connectivity index (χ4v) is 2.17. The Morgan fingerprint density at radius 3 is 2.59 bits per heavy atom. The van der Waals surface area contributed by atoms with Gasteiger partial charge < -0.3 is 10.1 Å². The van der Waals surface area contributed by atoms with Crippen molar-refractivity contribution in [3.8, 4) is 5.75 Å². The normalized spacial score (nSPS) is 10.6. The van der Waals surface area contributed by atoms with Gasteiger partial charge in [0, 0.05) is 30.0 Å². The van der Waals surface area contributed by atoms with Gasteiger partial charge in [-0.05, 0) is 30.2 Å². The molecule has 0 aromatic heterocycles. The van der Waals surface area contributed by atoms with Crippen molar-refractivity contribution in [3.63, 3.8) is 0 Å². The van der Waals surface area contributed by atoms with Crippen molar-refractivity contribution in [1.82, 2.24) is 0 Å². The number of ether oxygens (including phenoxy) is 1. The average Bonchev–Trinajstić information content (AvgIpc) is 2.65. The topological polar surface area (TPSA) is 125 Å². The van der Waals surface area contributed by atoms with Crippen molar-refractivity contribution >= 4 is 29.0 Å². The first-order valence-corrected chi connectivity index (χ1v) is 8.05. The molecular formula is C18H17N3O6. The van der Waals surface area contributed by atoms with E-state index >= 15 is 0 Å². The molecule has 0 bridgehead atoms. The lowest BCUT2D eigenvalue weighted by atomic mass is 10.1. The standard InChI is InChI=1S/C18H17N3O6/c1-2-10-27-17-8-6-13(11-16(17)21(25)26)7-9-18(22)19-14-4-3-5-15(12-14)20(23)24/h3-9,11-12H,2,10H2,1H3,(H,19,22)/b9-7+. The van der Waals surface area contributed by atoms with Gasteiger partial charge in [0.1, 0.15) is 0 Å². The Kier molecular flexibility index (Phi) is 6.59. The predicted molar refractivity (Wildman–Crippen MR) is 99.6 cm³/mol. The van der Waals surface area contributed by atoms with E-state index < -0.39 is 15.8 Å². The van der Waals surface area contributed by atoms with Crippen LogP contribution < -0.4 is 10.1 Å². The summed E-state index contributed by atoms with van der Waals surface area (Å²) in [6.45, 7) is 2.25. The van der Waals surface area contributed by atoms with Gasteiger partial charge in [-0.1, -0.05) is 19.1 Å². The maximum absolute atomic E-state index is 12.0. The fraction of sp³-hybridized carbons (Fsp3) is 0.167. The van der Waals surface area contributed by atoms with E-state index in [0.29, 0.717) is 12.2 Å². The van der Waals surface area contributed by atoms with Gasteiger partial charge in [0.15, 0.2) is 5.75 Å². The van der Waals surface area contributed by atoms with E-state index in [1.54, 1.807) is 6.07 Å². The molecule has 9 heteroatoms. The number of carbonyl (C=O) groups is 1. The molecule has 0 atom stereocenters. The van der Waals surface area contributed by atoms with Crippen molar-refractivity contribution < 1.29 is 19.4 Å². The quantitative estimate of drug-likeness (QED) is 0.425. The molecule has 0 unspecified atom stereocenters. The summed E-state index contributed by atoms with van der Waals surface area (Å²) in [6, 6.07) is 9.89. The zero-order valence-corrected chi connectivity index (χ0v) is 14.5. The minimum absolute atomic E-state index is 0.143. The van der Waals surface area contributed by atoms with E-state index in [9.17, 15) is 25.0 Å². The third kappa shape index (κ3) is 5.63. The van der Waals surface area contributed by atoms with Crippen molar-refractivity contribution in [2.75, 3.05) is 11.9 Å². The van der Waals surface area contributed by atoms with Gasteiger partial charge in [-0.2, -0.15) is 0 Å². The molecule has 2 rings (SSSR count). The summed E-state index contributed by atoms with van der Waals surface area (Å²) in [5.74, 6) is -0.357. The Balaban J connectivity index is 2.11. The van der Waals surface area contributed by atoms with Crippen LogP contribution in [0.2, 0.25) is 0 Å². The van der Waals surface area contributed by atoms with E-state index in [2.05, 4.69) is 5.32 Å². The van der Waals surface area contributed by atoms with E-state index in [-0.39, 0.29) is 22.8 Å². The van der Waals surface area contributed by atoms with Crippen LogP contribution in [0.4, 0.5) is 17.1 Å². The molecule has 9 nitrogen and oxygen atoms in total. The fourth-order valence-electron chi connectivity index (χ4n) is 2.17. The maximum atomic E-state index is 12.0. The largest absolute Gasteiger partial charge is 0.487 e. The van der Waals surface area contributed by atoms with Gasteiger partial charge in [0.2, 0.25) is 5.91 Å². The zero-order chi connectivity index (χ0) is 19.8. The first kappa shape index (κ1) is 19.6. The zero-order valence-electron chi connectivity index (χ0n) is 14.5. The van der Waals surface area contributed by atoms with Gasteiger partial charge in [-0.25, -0.2) is 0 Å². The Hall–Kier alpha value is -3.75. The number of hydrogen-bond donors (Lipinski definition) is 1. The molecule has 0 aliphatic rings. The lowest BCUT2D eigenvalue weighted by Gasteiger charge is -2.06. The van der Waals surface area contributed by atoms with Crippen LogP contribution >= 0.6 is 0 Å². The first-order chi connectivity index (χ1) is 12.9. The number of nitro groups is 2. The third-order valence-corrected chi connectivity index (χ3v) is 3.39. The molecule has 140 valence electrons. The summed E-state index contributed by atoms with van der Waals surface area (Å²) in [4.78, 5) is 32.8. The number of nitrogens with one attached hydrogen (secondary N) is 1. The number of non-ortho nitro benzene ring substituents is 1. The molecule has 2 aromatic carbocycles. The highest BCUT2D eigenvalue weighted by molar-refractivity contribution is 6.02. The number of hydrogen-bond acceptors (Lipinski definition) is 6. The van der Waals surface area contributed by atoms with Crippen LogP contribution in [0.3, 0.4) is 0 Å². The van der Waals surface area contributed by atoms with Gasteiger partial charge in [0.25, 0.3) is 5.69 Å². The summed E-state index contributed by atoms with van der Waals surface area (Å²) in [5.41, 5.74) is 0.382. The monoisotopic (exact) mass is 371 g/mol. The molecule has 2 aromatic rings. The summed E-state index contributed by atoms with van der Waals surface area (Å²) < 4.78 is 5.34. The van der Waals surface area contributed by atoms with Crippen molar-refractivity contribution in [2.45, 2.75) is 13.3 Å². The van der Waals surface area contributed by atoms with Crippen LogP contribution in [-0.2, 0) is 4.79 Å². The van der Waals surface area contributed by atoms with Crippen molar-refractivity contribution in [3.05, 3.63) is 74.3 Å². The van der Waals surface area contributed by atoms with E-state index in [4.69, 9.17) is 4.74 Å². The van der Waals surface area contributed by atoms with Crippen LogP contribution in [0.5, 0.6) is 5.75 Å². The molecule has 0 fully saturated rings. The SMILES string of the molecule is CCCOc1ccc(/C=C/C(=O)Nc2cccc([N+](=O)[O-])c2)cc1[N+](=O)[O-]. The van der Waals surface area contributed by atoms with Crippen LogP contribution in [0.1, 0.15) is 18.9 Å². The Labute approximate surface area is 154 Å². The first-order valence-electron chi connectivity index (χ1n) is 8.05. The Morgan fingerprint density at radius 2 is 1.93 bits per heavy atom. The summed E-state index contributed by atoms with van der Waals surface area (Å²) in [5, 5.41) is 24.4. The molecule has 0 heterocycles. The van der Waals surface area contributed by atoms with Crippen LogP contribution in [0.15, 0.2) is 48.5 Å². The minimum atomic E-state index is -0.563. The second-order valence-electron chi connectivity index (χ2n) is 5.46. The lowest BCUT2D eigenvalue weighted by Crippen LogP contribution is -2.07. The van der Waals surface area contributed by atoms with Gasteiger partial charge in [0.05, 0.1) is 16.5 Å². The number of amides is 1. The molecular weight excluding hydrogens is 354 g/mol. The predicted octanol–water partition coefficient (Wildman–Crippen LogP) is 3.94. The highest BCUT2D eigenvalue weighted by atomic mass is 16.6. The average molecular weight is 371 g/mol. The number of nitrogens with zero attached hydrogens (tertiary/aromatic N) is 2. The second-order valence-corrected chi connectivity index (χ2v) is 5.46. The number of nitro benzene ring substituents is 2. The summed E-state index contributed by atoms with van der Waals surface area (Å²) in [6.07, 6.45) is 3.31. The van der Waals surface area contributed by atoms with E-state index in [0.717, 1.165) is 6.42 Å². The number of benzene rings is 2.